The van der Waals surface area contributed by atoms with Gasteiger partial charge in [0.05, 0.1) is 11.2 Å². The van der Waals surface area contributed by atoms with Gasteiger partial charge in [0.1, 0.15) is 5.82 Å². The molecule has 1 aromatic rings. The van der Waals surface area contributed by atoms with Gasteiger partial charge in [-0.1, -0.05) is 0 Å². The number of nitrogens with zero attached hydrogens (tertiary/aromatic N) is 2. The summed E-state index contributed by atoms with van der Waals surface area (Å²) >= 11 is 0. The first-order valence-corrected chi connectivity index (χ1v) is 7.42. The minimum Gasteiger partial charge on any atom is -0.399 e. The molecule has 1 aromatic heterocycles. The molecular weight excluding hydrogens is 267 g/mol. The quantitative estimate of drug-likeness (QED) is 0.774. The van der Waals surface area contributed by atoms with E-state index in [2.05, 4.69) is 4.98 Å². The largest absolute Gasteiger partial charge is 0.495 e. The summed E-state index contributed by atoms with van der Waals surface area (Å²) in [6.45, 7) is 8.84. The number of hydrogen-bond donors (Lipinski definition) is 0. The van der Waals surface area contributed by atoms with E-state index in [9.17, 15) is 4.79 Å². The van der Waals surface area contributed by atoms with E-state index in [-0.39, 0.29) is 17.1 Å². The Labute approximate surface area is 125 Å². The molecule has 21 heavy (non-hydrogen) atoms. The van der Waals surface area contributed by atoms with Gasteiger partial charge < -0.3 is 9.31 Å². The van der Waals surface area contributed by atoms with Gasteiger partial charge in [0.15, 0.2) is 0 Å². The minimum atomic E-state index is -0.422. The van der Waals surface area contributed by atoms with E-state index in [1.165, 1.54) is 0 Å². The minimum absolute atomic E-state index is 0.133. The lowest BCUT2D eigenvalue weighted by Crippen LogP contribution is -2.41. The van der Waals surface area contributed by atoms with Crippen molar-refractivity contribution >= 4 is 24.3 Å². The van der Waals surface area contributed by atoms with Crippen LogP contribution in [0.25, 0.3) is 0 Å². The monoisotopic (exact) mass is 288 g/mol. The summed E-state index contributed by atoms with van der Waals surface area (Å²) in [5, 5.41) is 0. The molecular formula is C15H21BN2O3. The molecule has 0 radical (unpaired) electrons. The third-order valence-electron chi connectivity index (χ3n) is 4.64. The van der Waals surface area contributed by atoms with Crippen molar-refractivity contribution < 1.29 is 14.1 Å². The van der Waals surface area contributed by atoms with Gasteiger partial charge in [0, 0.05) is 19.2 Å². The van der Waals surface area contributed by atoms with Crippen molar-refractivity contribution in [3.63, 3.8) is 0 Å². The molecule has 0 unspecified atom stereocenters. The molecule has 2 saturated heterocycles. The number of pyridine rings is 1. The molecule has 5 nitrogen and oxygen atoms in total. The number of hydrogen-bond acceptors (Lipinski definition) is 4. The Morgan fingerprint density at radius 3 is 2.48 bits per heavy atom. The van der Waals surface area contributed by atoms with Crippen LogP contribution >= 0.6 is 0 Å². The first-order valence-electron chi connectivity index (χ1n) is 7.42. The highest BCUT2D eigenvalue weighted by Gasteiger charge is 2.51. The van der Waals surface area contributed by atoms with Crippen molar-refractivity contribution in [2.45, 2.75) is 51.7 Å². The fraction of sp³-hybridized carbons (Fsp3) is 0.600. The first-order chi connectivity index (χ1) is 9.80. The number of amides is 1. The van der Waals surface area contributed by atoms with Crippen LogP contribution in [0, 0.1) is 0 Å². The van der Waals surface area contributed by atoms with E-state index >= 15 is 0 Å². The van der Waals surface area contributed by atoms with Gasteiger partial charge in [-0.2, -0.15) is 0 Å². The molecule has 0 atom stereocenters. The number of aromatic nitrogens is 1. The third kappa shape index (κ3) is 2.47. The lowest BCUT2D eigenvalue weighted by atomic mass is 9.79. The van der Waals surface area contributed by atoms with Crippen molar-refractivity contribution in [2.24, 2.45) is 0 Å². The molecule has 0 spiro atoms. The molecule has 3 rings (SSSR count). The van der Waals surface area contributed by atoms with Crippen LogP contribution in [-0.4, -0.2) is 35.8 Å². The number of rotatable bonds is 2. The number of carbonyl (C=O) groups is 1. The fourth-order valence-electron chi connectivity index (χ4n) is 2.60. The highest BCUT2D eigenvalue weighted by molar-refractivity contribution is 6.62. The van der Waals surface area contributed by atoms with Crippen LogP contribution in [0.2, 0.25) is 0 Å². The molecule has 3 heterocycles. The lowest BCUT2D eigenvalue weighted by Gasteiger charge is -2.32. The normalized spacial score (nSPS) is 23.9. The Morgan fingerprint density at radius 2 is 1.90 bits per heavy atom. The molecule has 2 fully saturated rings. The summed E-state index contributed by atoms with van der Waals surface area (Å²) in [7, 11) is -0.422. The zero-order chi connectivity index (χ0) is 15.3. The van der Waals surface area contributed by atoms with Crippen molar-refractivity contribution in [1.29, 1.82) is 0 Å². The molecule has 0 aliphatic carbocycles. The summed E-state index contributed by atoms with van der Waals surface area (Å²) in [5.74, 6) is 0.818. The average molecular weight is 288 g/mol. The van der Waals surface area contributed by atoms with Gasteiger partial charge in [0.25, 0.3) is 0 Å². The molecule has 6 heteroatoms. The second-order valence-corrected chi connectivity index (χ2v) is 6.68. The van der Waals surface area contributed by atoms with Crippen LogP contribution in [0.4, 0.5) is 5.82 Å². The fourth-order valence-corrected chi connectivity index (χ4v) is 2.60. The van der Waals surface area contributed by atoms with Crippen LogP contribution in [0.15, 0.2) is 18.3 Å². The molecule has 0 N–H and O–H groups in total. The topological polar surface area (TPSA) is 51.7 Å². The van der Waals surface area contributed by atoms with Crippen molar-refractivity contribution in [1.82, 2.24) is 4.98 Å². The maximum atomic E-state index is 11.8. The maximum absolute atomic E-state index is 11.8. The smallest absolute Gasteiger partial charge is 0.399 e. The predicted molar refractivity (Wildman–Crippen MR) is 81.5 cm³/mol. The SMILES string of the molecule is CC1(C)OB(c2ccnc(N3CCCC3=O)c2)OC1(C)C. The number of anilines is 1. The Bertz CT molecular complexity index is 558. The second kappa shape index (κ2) is 4.82. The summed E-state index contributed by atoms with van der Waals surface area (Å²) in [4.78, 5) is 17.9. The van der Waals surface area contributed by atoms with Crippen LogP contribution in [-0.2, 0) is 14.1 Å². The molecule has 0 saturated carbocycles. The Kier molecular flexibility index (Phi) is 3.33. The zero-order valence-electron chi connectivity index (χ0n) is 13.0. The third-order valence-corrected chi connectivity index (χ3v) is 4.64. The van der Waals surface area contributed by atoms with E-state index in [1.54, 1.807) is 11.1 Å². The van der Waals surface area contributed by atoms with Gasteiger partial charge in [-0.05, 0) is 51.7 Å². The van der Waals surface area contributed by atoms with Gasteiger partial charge in [-0.15, -0.1) is 0 Å². The predicted octanol–water partition coefficient (Wildman–Crippen LogP) is 1.51. The maximum Gasteiger partial charge on any atom is 0.495 e. The van der Waals surface area contributed by atoms with Crippen molar-refractivity contribution in [2.75, 3.05) is 11.4 Å². The van der Waals surface area contributed by atoms with E-state index < -0.39 is 7.12 Å². The lowest BCUT2D eigenvalue weighted by molar-refractivity contribution is -0.117. The van der Waals surface area contributed by atoms with Crippen LogP contribution in [0.5, 0.6) is 0 Å². The summed E-state index contributed by atoms with van der Waals surface area (Å²) < 4.78 is 12.1. The van der Waals surface area contributed by atoms with E-state index in [4.69, 9.17) is 9.31 Å². The summed E-state index contributed by atoms with van der Waals surface area (Å²) in [5.41, 5.74) is 0.160. The van der Waals surface area contributed by atoms with Crippen molar-refractivity contribution in [3.05, 3.63) is 18.3 Å². The first kappa shape index (κ1) is 14.5. The van der Waals surface area contributed by atoms with Crippen LogP contribution in [0.3, 0.4) is 0 Å². The highest BCUT2D eigenvalue weighted by Crippen LogP contribution is 2.36. The average Bonchev–Trinajstić information content (AvgIpc) is 2.92. The molecule has 1 amide bonds. The van der Waals surface area contributed by atoms with Crippen LogP contribution in [0.1, 0.15) is 40.5 Å². The second-order valence-electron chi connectivity index (χ2n) is 6.68. The molecule has 2 aliphatic heterocycles. The standard InChI is InChI=1S/C15H21BN2O3/c1-14(2)15(3,4)21-16(20-14)11-7-8-17-12(10-11)18-9-5-6-13(18)19/h7-8,10H,5-6,9H2,1-4H3. The molecule has 0 bridgehead atoms. The zero-order valence-corrected chi connectivity index (χ0v) is 13.0. The molecule has 112 valence electrons. The van der Waals surface area contributed by atoms with Crippen LogP contribution < -0.4 is 10.4 Å². The van der Waals surface area contributed by atoms with Gasteiger partial charge in [-0.3, -0.25) is 9.69 Å². The van der Waals surface area contributed by atoms with Gasteiger partial charge in [0.2, 0.25) is 5.91 Å². The number of carbonyl (C=O) groups excluding carboxylic acids is 1. The van der Waals surface area contributed by atoms with Gasteiger partial charge in [-0.25, -0.2) is 4.98 Å². The Morgan fingerprint density at radius 1 is 1.24 bits per heavy atom. The van der Waals surface area contributed by atoms with Gasteiger partial charge >= 0.3 is 7.12 Å². The Balaban J connectivity index is 1.86. The van der Waals surface area contributed by atoms with E-state index in [1.807, 2.05) is 39.8 Å². The van der Waals surface area contributed by atoms with Crippen molar-refractivity contribution in [3.8, 4) is 0 Å². The summed E-state index contributed by atoms with van der Waals surface area (Å²) in [6, 6.07) is 3.78. The van der Waals surface area contributed by atoms with E-state index in [0.717, 1.165) is 18.4 Å². The molecule has 2 aliphatic rings. The highest BCUT2D eigenvalue weighted by atomic mass is 16.7. The Hall–Kier alpha value is -1.40. The molecule has 0 aromatic carbocycles. The van der Waals surface area contributed by atoms with E-state index in [0.29, 0.717) is 12.2 Å². The summed E-state index contributed by atoms with van der Waals surface area (Å²) in [6.07, 6.45) is 3.20.